The van der Waals surface area contributed by atoms with Gasteiger partial charge in [0.1, 0.15) is 10.0 Å². The molecule has 0 saturated carbocycles. The average molecular weight is 134 g/mol. The number of rotatable bonds is 1. The fourth-order valence-corrected chi connectivity index (χ4v) is 0.158. The van der Waals surface area contributed by atoms with Crippen LogP contribution in [-0.4, -0.2) is 28.3 Å². The van der Waals surface area contributed by atoms with Gasteiger partial charge in [-0.1, -0.05) is 0 Å². The van der Waals surface area contributed by atoms with E-state index in [1.165, 1.54) is 7.05 Å². The van der Waals surface area contributed by atoms with E-state index in [1.807, 2.05) is 0 Å². The molecule has 0 fully saturated rings. The first kappa shape index (κ1) is 7.63. The summed E-state index contributed by atoms with van der Waals surface area (Å²) in [5, 5.41) is 10.9. The molecule has 0 aliphatic carbocycles. The molecule has 5 N–H and O–H groups in total. The summed E-state index contributed by atoms with van der Waals surface area (Å²) in [7, 11) is 1.38. The predicted molar refractivity (Wildman–Crippen MR) is 29.0 cm³/mol. The van der Waals surface area contributed by atoms with Gasteiger partial charge in [0.2, 0.25) is 0 Å². The number of hydrogen-bond acceptors (Lipinski definition) is 2. The SMILES string of the molecule is CN(N)/C(N)=N/[N+](=O)O. The highest BCUT2D eigenvalue weighted by Gasteiger charge is 2.04. The molecule has 0 aromatic heterocycles. The van der Waals surface area contributed by atoms with Crippen LogP contribution in [0.5, 0.6) is 0 Å². The molecule has 0 aromatic carbocycles. The van der Waals surface area contributed by atoms with Gasteiger partial charge in [0, 0.05) is 7.05 Å². The number of nitrogens with two attached hydrogens (primary N) is 2. The van der Waals surface area contributed by atoms with Crippen molar-refractivity contribution >= 4 is 5.96 Å². The number of nitrogens with zero attached hydrogens (tertiary/aromatic N) is 3. The standard InChI is InChI=1S/C2H8N5O2/c1-6(4)2(3)5-7(8)9/h4H2,1H3,(H2,3,5)(H,8,9)/q+1. The molecule has 0 rings (SSSR count). The van der Waals surface area contributed by atoms with Gasteiger partial charge < -0.3 is 5.73 Å². The van der Waals surface area contributed by atoms with Crippen molar-refractivity contribution in [2.75, 3.05) is 7.05 Å². The zero-order valence-corrected chi connectivity index (χ0v) is 4.85. The van der Waals surface area contributed by atoms with Crippen LogP contribution in [0.25, 0.3) is 0 Å². The molecule has 0 amide bonds. The van der Waals surface area contributed by atoms with Gasteiger partial charge in [-0.05, 0) is 0 Å². The van der Waals surface area contributed by atoms with Gasteiger partial charge in [-0.25, -0.2) is 11.0 Å². The summed E-state index contributed by atoms with van der Waals surface area (Å²) in [5.41, 5.74) is 4.97. The topological polar surface area (TPSA) is 108 Å². The van der Waals surface area contributed by atoms with Crippen LogP contribution in [0.2, 0.25) is 0 Å². The van der Waals surface area contributed by atoms with E-state index in [0.29, 0.717) is 0 Å². The van der Waals surface area contributed by atoms with Crippen LogP contribution >= 0.6 is 0 Å². The third kappa shape index (κ3) is 3.23. The lowest BCUT2D eigenvalue weighted by atomic mass is 10.9. The zero-order chi connectivity index (χ0) is 7.44. The first-order valence-corrected chi connectivity index (χ1v) is 2.02. The van der Waals surface area contributed by atoms with E-state index < -0.39 is 5.03 Å². The summed E-state index contributed by atoms with van der Waals surface area (Å²) < 4.78 is 0. The summed E-state index contributed by atoms with van der Waals surface area (Å²) in [6.45, 7) is 0. The van der Waals surface area contributed by atoms with Crippen LogP contribution < -0.4 is 11.6 Å². The Kier molecular flexibility index (Phi) is 2.39. The normalized spacial score (nSPS) is 11.1. The molecule has 7 nitrogen and oxygen atoms in total. The fourth-order valence-electron chi connectivity index (χ4n) is 0.158. The molecular weight excluding hydrogens is 126 g/mol. The second-order valence-corrected chi connectivity index (χ2v) is 1.32. The van der Waals surface area contributed by atoms with Crippen molar-refractivity contribution in [2.24, 2.45) is 16.7 Å². The second kappa shape index (κ2) is 2.82. The van der Waals surface area contributed by atoms with Gasteiger partial charge in [0.05, 0.1) is 0 Å². The summed E-state index contributed by atoms with van der Waals surface area (Å²) >= 11 is 0. The van der Waals surface area contributed by atoms with E-state index in [2.05, 4.69) is 5.10 Å². The summed E-state index contributed by atoms with van der Waals surface area (Å²) in [4.78, 5) is 9.68. The van der Waals surface area contributed by atoms with Crippen molar-refractivity contribution in [2.45, 2.75) is 0 Å². The molecule has 0 unspecified atom stereocenters. The molecule has 0 aliphatic rings. The number of hydrogen-bond donors (Lipinski definition) is 3. The van der Waals surface area contributed by atoms with Gasteiger partial charge in [-0.2, -0.15) is 0 Å². The van der Waals surface area contributed by atoms with E-state index in [9.17, 15) is 4.91 Å². The molecule has 0 aromatic rings. The molecule has 0 radical (unpaired) electrons. The Morgan fingerprint density at radius 1 is 1.89 bits per heavy atom. The number of hydrazine groups is 1. The van der Waals surface area contributed by atoms with Gasteiger partial charge in [-0.15, -0.1) is 0 Å². The van der Waals surface area contributed by atoms with Crippen molar-refractivity contribution in [3.8, 4) is 0 Å². The Balaban J connectivity index is 4.00. The Morgan fingerprint density at radius 2 is 2.33 bits per heavy atom. The lowest BCUT2D eigenvalue weighted by Gasteiger charge is -2.03. The Bertz CT molecular complexity index is 140. The molecule has 0 bridgehead atoms. The van der Waals surface area contributed by atoms with Crippen LogP contribution in [0.15, 0.2) is 5.10 Å². The minimum Gasteiger partial charge on any atom is -0.363 e. The monoisotopic (exact) mass is 134 g/mol. The fraction of sp³-hybridized carbons (Fsp3) is 0.500. The molecule has 9 heavy (non-hydrogen) atoms. The van der Waals surface area contributed by atoms with Gasteiger partial charge in [0.15, 0.2) is 0 Å². The van der Waals surface area contributed by atoms with E-state index in [1.54, 1.807) is 0 Å². The summed E-state index contributed by atoms with van der Waals surface area (Å²) in [6, 6.07) is 0. The molecular formula is C2H8N5O2+. The van der Waals surface area contributed by atoms with Crippen LogP contribution in [0.4, 0.5) is 0 Å². The van der Waals surface area contributed by atoms with E-state index >= 15 is 0 Å². The smallest absolute Gasteiger partial charge is 0.363 e. The molecule has 0 spiro atoms. The van der Waals surface area contributed by atoms with Crippen LogP contribution in [0.1, 0.15) is 0 Å². The molecule has 0 aliphatic heterocycles. The Hall–Kier alpha value is -1.37. The quantitative estimate of drug-likeness (QED) is 0.169. The van der Waals surface area contributed by atoms with Crippen molar-refractivity contribution in [1.29, 1.82) is 0 Å². The minimum atomic E-state index is -0.668. The minimum absolute atomic E-state index is 0.271. The third-order valence-corrected chi connectivity index (χ3v) is 0.549. The van der Waals surface area contributed by atoms with Gasteiger partial charge >= 0.3 is 5.03 Å². The van der Waals surface area contributed by atoms with Crippen LogP contribution in [0.3, 0.4) is 0 Å². The second-order valence-electron chi connectivity index (χ2n) is 1.32. The highest BCUT2D eigenvalue weighted by molar-refractivity contribution is 5.76. The molecule has 0 atom stereocenters. The predicted octanol–water partition coefficient (Wildman–Crippen LogP) is -1.81. The zero-order valence-electron chi connectivity index (χ0n) is 4.85. The molecule has 7 heteroatoms. The van der Waals surface area contributed by atoms with Crippen molar-refractivity contribution in [1.82, 2.24) is 5.01 Å². The molecule has 0 heterocycles. The first-order chi connectivity index (χ1) is 4.04. The van der Waals surface area contributed by atoms with Gasteiger partial charge in [-0.3, -0.25) is 5.01 Å². The Morgan fingerprint density at radius 3 is 2.44 bits per heavy atom. The van der Waals surface area contributed by atoms with E-state index in [-0.39, 0.29) is 5.96 Å². The van der Waals surface area contributed by atoms with Crippen LogP contribution in [0, 0.1) is 4.91 Å². The molecule has 0 saturated heterocycles. The number of guanidine groups is 1. The lowest BCUT2D eigenvalue weighted by Crippen LogP contribution is -2.39. The van der Waals surface area contributed by atoms with Crippen molar-refractivity contribution in [3.05, 3.63) is 4.91 Å². The lowest BCUT2D eigenvalue weighted by molar-refractivity contribution is -0.796. The Labute approximate surface area is 51.0 Å². The third-order valence-electron chi connectivity index (χ3n) is 0.549. The van der Waals surface area contributed by atoms with Crippen molar-refractivity contribution in [3.63, 3.8) is 0 Å². The largest absolute Gasteiger partial charge is 0.391 e. The number of hydrazone groups is 1. The maximum absolute atomic E-state index is 9.68. The maximum Gasteiger partial charge on any atom is 0.391 e. The maximum atomic E-state index is 9.68. The van der Waals surface area contributed by atoms with E-state index in [0.717, 1.165) is 5.01 Å². The first-order valence-electron chi connectivity index (χ1n) is 2.02. The van der Waals surface area contributed by atoms with Gasteiger partial charge in [0.25, 0.3) is 5.96 Å². The molecule has 52 valence electrons. The summed E-state index contributed by atoms with van der Waals surface area (Å²) in [6.07, 6.45) is 0. The highest BCUT2D eigenvalue weighted by atomic mass is 16.7. The highest BCUT2D eigenvalue weighted by Crippen LogP contribution is 1.70. The summed E-state index contributed by atoms with van der Waals surface area (Å²) in [5.74, 6) is 4.71. The van der Waals surface area contributed by atoms with E-state index in [4.69, 9.17) is 16.8 Å². The van der Waals surface area contributed by atoms with Crippen LogP contribution in [-0.2, 0) is 0 Å². The average Bonchev–Trinajstić information content (AvgIpc) is 1.63. The van der Waals surface area contributed by atoms with Crippen molar-refractivity contribution < 1.29 is 10.2 Å².